The summed E-state index contributed by atoms with van der Waals surface area (Å²) < 4.78 is 5.53. The summed E-state index contributed by atoms with van der Waals surface area (Å²) in [6.45, 7) is 5.39. The van der Waals surface area contributed by atoms with Gasteiger partial charge in [-0.15, -0.1) is 0 Å². The third-order valence-corrected chi connectivity index (χ3v) is 3.60. The molecule has 2 aliphatic rings. The van der Waals surface area contributed by atoms with E-state index in [4.69, 9.17) is 4.74 Å². The zero-order chi connectivity index (χ0) is 13.1. The third-order valence-electron chi connectivity index (χ3n) is 2.71. The largest absolute Gasteiger partial charge is 0.372 e. The van der Waals surface area contributed by atoms with Gasteiger partial charge in [-0.1, -0.05) is 11.8 Å². The van der Waals surface area contributed by atoms with Crippen LogP contribution in [0, 0.1) is 0 Å². The first-order valence-electron chi connectivity index (χ1n) is 5.99. The van der Waals surface area contributed by atoms with E-state index in [-0.39, 0.29) is 12.2 Å². The highest BCUT2D eigenvalue weighted by Gasteiger charge is 2.30. The van der Waals surface area contributed by atoms with Gasteiger partial charge < -0.3 is 9.64 Å². The molecule has 0 aromatic heterocycles. The number of carbonyl (C=O) groups is 2. The van der Waals surface area contributed by atoms with Gasteiger partial charge in [-0.25, -0.2) is 0 Å². The minimum absolute atomic E-state index is 0.0382. The van der Waals surface area contributed by atoms with Crippen molar-refractivity contribution in [3.05, 3.63) is 0 Å². The molecule has 0 spiro atoms. The van der Waals surface area contributed by atoms with Crippen molar-refractivity contribution in [2.75, 3.05) is 25.4 Å². The maximum Gasteiger partial charge on any atom is 0.315 e. The van der Waals surface area contributed by atoms with Crippen LogP contribution in [0.15, 0.2) is 4.99 Å². The smallest absolute Gasteiger partial charge is 0.315 e. The summed E-state index contributed by atoms with van der Waals surface area (Å²) in [4.78, 5) is 29.4. The quantitative estimate of drug-likeness (QED) is 0.622. The average Bonchev–Trinajstić information content (AvgIpc) is 2.79. The number of amidine groups is 1. The standard InChI is InChI=1S/C11H17N3O3S/c1-7-5-14(6-8(2)17-7)10(16)9(15)13-11-12-3-4-18-11/h7-8H,3-6H2,1-2H3,(H,12,13,15). The van der Waals surface area contributed by atoms with E-state index in [0.29, 0.717) is 24.8 Å². The number of carbonyl (C=O) groups excluding carboxylic acids is 2. The number of ether oxygens (including phenoxy) is 1. The van der Waals surface area contributed by atoms with Crippen LogP contribution in [0.1, 0.15) is 13.8 Å². The molecule has 7 heteroatoms. The fraction of sp³-hybridized carbons (Fsp3) is 0.727. The lowest BCUT2D eigenvalue weighted by Gasteiger charge is -2.34. The van der Waals surface area contributed by atoms with Crippen molar-refractivity contribution in [3.8, 4) is 0 Å². The van der Waals surface area contributed by atoms with E-state index in [1.807, 2.05) is 13.8 Å². The SMILES string of the molecule is CC1CN(C(=O)C(=O)NC2=NCCS2)CC(C)O1. The van der Waals surface area contributed by atoms with Gasteiger partial charge in [0.1, 0.15) is 0 Å². The number of morpholine rings is 1. The lowest BCUT2D eigenvalue weighted by atomic mass is 10.2. The molecule has 2 amide bonds. The summed E-state index contributed by atoms with van der Waals surface area (Å²) in [5.74, 6) is -0.258. The van der Waals surface area contributed by atoms with E-state index in [1.54, 1.807) is 0 Å². The molecule has 18 heavy (non-hydrogen) atoms. The molecule has 1 fully saturated rings. The molecule has 2 atom stereocenters. The lowest BCUT2D eigenvalue weighted by molar-refractivity contribution is -0.152. The molecular formula is C11H17N3O3S. The van der Waals surface area contributed by atoms with Crippen molar-refractivity contribution in [2.24, 2.45) is 4.99 Å². The van der Waals surface area contributed by atoms with Gasteiger partial charge in [0.05, 0.1) is 18.8 Å². The van der Waals surface area contributed by atoms with E-state index >= 15 is 0 Å². The van der Waals surface area contributed by atoms with Gasteiger partial charge in [-0.3, -0.25) is 19.9 Å². The third kappa shape index (κ3) is 3.23. The van der Waals surface area contributed by atoms with Crippen LogP contribution in [0.25, 0.3) is 0 Å². The first kappa shape index (κ1) is 13.4. The second kappa shape index (κ2) is 5.71. The number of rotatable bonds is 0. The molecule has 0 aromatic rings. The first-order valence-corrected chi connectivity index (χ1v) is 6.98. The maximum atomic E-state index is 12.0. The van der Waals surface area contributed by atoms with Crippen molar-refractivity contribution in [2.45, 2.75) is 26.1 Å². The molecule has 1 N–H and O–H groups in total. The second-order valence-electron chi connectivity index (χ2n) is 4.46. The Morgan fingerprint density at radius 3 is 2.61 bits per heavy atom. The maximum absolute atomic E-state index is 12.0. The molecule has 0 aliphatic carbocycles. The van der Waals surface area contributed by atoms with Crippen molar-refractivity contribution < 1.29 is 14.3 Å². The number of amides is 2. The fourth-order valence-corrected chi connectivity index (χ4v) is 2.77. The number of aliphatic imine (C=N–C) groups is 1. The Labute approximate surface area is 110 Å². The fourth-order valence-electron chi connectivity index (χ4n) is 2.05. The van der Waals surface area contributed by atoms with Crippen LogP contribution < -0.4 is 5.32 Å². The van der Waals surface area contributed by atoms with E-state index in [0.717, 1.165) is 5.75 Å². The van der Waals surface area contributed by atoms with Crippen LogP contribution in [-0.2, 0) is 14.3 Å². The molecule has 0 aromatic carbocycles. The molecular weight excluding hydrogens is 254 g/mol. The summed E-state index contributed by atoms with van der Waals surface area (Å²) in [6.07, 6.45) is -0.0765. The van der Waals surface area contributed by atoms with Gasteiger partial charge in [0.25, 0.3) is 0 Å². The topological polar surface area (TPSA) is 71.0 Å². The van der Waals surface area contributed by atoms with E-state index in [2.05, 4.69) is 10.3 Å². The Balaban J connectivity index is 1.91. The molecule has 2 unspecified atom stereocenters. The number of nitrogens with zero attached hydrogens (tertiary/aromatic N) is 2. The van der Waals surface area contributed by atoms with Crippen LogP contribution >= 0.6 is 11.8 Å². The van der Waals surface area contributed by atoms with Crippen LogP contribution in [-0.4, -0.2) is 59.5 Å². The highest BCUT2D eigenvalue weighted by atomic mass is 32.2. The summed E-state index contributed by atoms with van der Waals surface area (Å²) in [6, 6.07) is 0. The van der Waals surface area contributed by atoms with E-state index in [9.17, 15) is 9.59 Å². The van der Waals surface area contributed by atoms with E-state index < -0.39 is 11.8 Å². The molecule has 0 radical (unpaired) electrons. The number of nitrogens with one attached hydrogen (secondary N) is 1. The van der Waals surface area contributed by atoms with Crippen molar-refractivity contribution in [1.82, 2.24) is 10.2 Å². The molecule has 100 valence electrons. The Hall–Kier alpha value is -1.08. The highest BCUT2D eigenvalue weighted by Crippen LogP contribution is 2.12. The first-order chi connectivity index (χ1) is 8.56. The van der Waals surface area contributed by atoms with Gasteiger partial charge in [0.2, 0.25) is 0 Å². The van der Waals surface area contributed by atoms with Crippen LogP contribution in [0.3, 0.4) is 0 Å². The summed E-state index contributed by atoms with van der Waals surface area (Å²) in [5, 5.41) is 3.09. The Kier molecular flexibility index (Phi) is 4.23. The molecule has 0 bridgehead atoms. The summed E-state index contributed by atoms with van der Waals surface area (Å²) >= 11 is 1.46. The molecule has 0 saturated carbocycles. The Morgan fingerprint density at radius 2 is 2.06 bits per heavy atom. The van der Waals surface area contributed by atoms with Gasteiger partial charge in [-0.2, -0.15) is 0 Å². The number of thioether (sulfide) groups is 1. The van der Waals surface area contributed by atoms with Crippen molar-refractivity contribution in [1.29, 1.82) is 0 Å². The predicted molar refractivity (Wildman–Crippen MR) is 69.5 cm³/mol. The van der Waals surface area contributed by atoms with Crippen LogP contribution in [0.2, 0.25) is 0 Å². The predicted octanol–water partition coefficient (Wildman–Crippen LogP) is -0.159. The van der Waals surface area contributed by atoms with Gasteiger partial charge >= 0.3 is 11.8 Å². The number of hydrogen-bond donors (Lipinski definition) is 1. The van der Waals surface area contributed by atoms with Gasteiger partial charge in [0, 0.05) is 18.8 Å². The molecule has 6 nitrogen and oxygen atoms in total. The molecule has 1 saturated heterocycles. The Morgan fingerprint density at radius 1 is 1.39 bits per heavy atom. The monoisotopic (exact) mass is 271 g/mol. The zero-order valence-electron chi connectivity index (χ0n) is 10.5. The average molecular weight is 271 g/mol. The summed E-state index contributed by atoms with van der Waals surface area (Å²) in [7, 11) is 0. The molecule has 2 rings (SSSR count). The minimum Gasteiger partial charge on any atom is -0.372 e. The number of hydrogen-bond acceptors (Lipinski definition) is 5. The Bertz CT molecular complexity index is 376. The van der Waals surface area contributed by atoms with Crippen molar-refractivity contribution >= 4 is 28.7 Å². The normalized spacial score (nSPS) is 27.9. The zero-order valence-corrected chi connectivity index (χ0v) is 11.3. The van der Waals surface area contributed by atoms with E-state index in [1.165, 1.54) is 16.7 Å². The summed E-state index contributed by atoms with van der Waals surface area (Å²) in [5.41, 5.74) is 0. The van der Waals surface area contributed by atoms with Gasteiger partial charge in [-0.05, 0) is 13.8 Å². The highest BCUT2D eigenvalue weighted by molar-refractivity contribution is 8.14. The lowest BCUT2D eigenvalue weighted by Crippen LogP contribution is -2.53. The van der Waals surface area contributed by atoms with Crippen molar-refractivity contribution in [3.63, 3.8) is 0 Å². The second-order valence-corrected chi connectivity index (χ2v) is 5.54. The van der Waals surface area contributed by atoms with Crippen LogP contribution in [0.5, 0.6) is 0 Å². The molecule has 2 heterocycles. The van der Waals surface area contributed by atoms with Gasteiger partial charge in [0.15, 0.2) is 5.17 Å². The minimum atomic E-state index is -0.607. The molecule has 2 aliphatic heterocycles. The van der Waals surface area contributed by atoms with Crippen LogP contribution in [0.4, 0.5) is 0 Å².